The van der Waals surface area contributed by atoms with Gasteiger partial charge < -0.3 is 4.90 Å². The van der Waals surface area contributed by atoms with Gasteiger partial charge in [0, 0.05) is 39.3 Å². The van der Waals surface area contributed by atoms with E-state index in [0.29, 0.717) is 5.69 Å². The first-order valence-electron chi connectivity index (χ1n) is 8.62. The minimum absolute atomic E-state index is 0.137. The second kappa shape index (κ2) is 7.61. The molecule has 1 aliphatic heterocycles. The second-order valence-electron chi connectivity index (χ2n) is 6.61. The largest absolute Gasteiger partial charge is 0.336 e. The third-order valence-corrected chi connectivity index (χ3v) is 4.78. The van der Waals surface area contributed by atoms with Crippen molar-refractivity contribution >= 4 is 5.91 Å². The maximum Gasteiger partial charge on any atom is 0.274 e. The Labute approximate surface area is 147 Å². The van der Waals surface area contributed by atoms with Crippen LogP contribution >= 0.6 is 0 Å². The number of aryl methyl sites for hydroxylation is 1. The molecule has 1 aromatic heterocycles. The third-order valence-electron chi connectivity index (χ3n) is 4.78. The van der Waals surface area contributed by atoms with Crippen molar-refractivity contribution in [1.82, 2.24) is 19.6 Å². The molecule has 1 amide bonds. The van der Waals surface area contributed by atoms with E-state index < -0.39 is 0 Å². The Hall–Kier alpha value is -2.47. The number of hydrogen-bond donors (Lipinski definition) is 0. The molecule has 2 heterocycles. The predicted octanol–water partition coefficient (Wildman–Crippen LogP) is 1.52. The van der Waals surface area contributed by atoms with Gasteiger partial charge in [0.25, 0.3) is 11.5 Å². The summed E-state index contributed by atoms with van der Waals surface area (Å²) in [6.45, 7) is 2.80. The molecule has 0 radical (unpaired) electrons. The van der Waals surface area contributed by atoms with Gasteiger partial charge in [-0.15, -0.1) is 0 Å². The average Bonchev–Trinajstić information content (AvgIpc) is 2.64. The van der Waals surface area contributed by atoms with Gasteiger partial charge in [-0.05, 0) is 31.0 Å². The lowest BCUT2D eigenvalue weighted by molar-refractivity contribution is 0.0601. The Morgan fingerprint density at radius 1 is 1.24 bits per heavy atom. The van der Waals surface area contributed by atoms with Crippen molar-refractivity contribution in [2.45, 2.75) is 25.4 Å². The lowest BCUT2D eigenvalue weighted by Gasteiger charge is -2.37. The molecule has 3 rings (SSSR count). The van der Waals surface area contributed by atoms with Crippen LogP contribution in [-0.4, -0.2) is 51.7 Å². The molecule has 1 saturated heterocycles. The number of hydrogen-bond acceptors (Lipinski definition) is 4. The van der Waals surface area contributed by atoms with Gasteiger partial charge in [-0.1, -0.05) is 30.3 Å². The summed E-state index contributed by atoms with van der Waals surface area (Å²) in [5.41, 5.74) is 1.38. The molecule has 1 fully saturated rings. The first-order valence-corrected chi connectivity index (χ1v) is 8.62. The summed E-state index contributed by atoms with van der Waals surface area (Å²) in [5, 5.41) is 4.07. The fourth-order valence-corrected chi connectivity index (χ4v) is 3.30. The molecule has 0 spiro atoms. The van der Waals surface area contributed by atoms with Gasteiger partial charge in [0.05, 0.1) is 0 Å². The normalized spacial score (nSPS) is 18.1. The summed E-state index contributed by atoms with van der Waals surface area (Å²) < 4.78 is 1.20. The quantitative estimate of drug-likeness (QED) is 0.847. The van der Waals surface area contributed by atoms with Crippen molar-refractivity contribution in [2.75, 3.05) is 20.1 Å². The van der Waals surface area contributed by atoms with Gasteiger partial charge in [-0.2, -0.15) is 5.10 Å². The monoisotopic (exact) mass is 340 g/mol. The minimum Gasteiger partial charge on any atom is -0.336 e. The van der Waals surface area contributed by atoms with E-state index in [1.807, 2.05) is 13.1 Å². The Balaban J connectivity index is 1.66. The fourth-order valence-electron chi connectivity index (χ4n) is 3.30. The van der Waals surface area contributed by atoms with Crippen molar-refractivity contribution < 1.29 is 4.79 Å². The zero-order valence-corrected chi connectivity index (χ0v) is 14.8. The van der Waals surface area contributed by atoms with Crippen LogP contribution in [0, 0.1) is 0 Å². The molecule has 1 atom stereocenters. The maximum absolute atomic E-state index is 12.7. The van der Waals surface area contributed by atoms with Crippen molar-refractivity contribution in [3.05, 3.63) is 64.1 Å². The van der Waals surface area contributed by atoms with E-state index in [9.17, 15) is 9.59 Å². The van der Waals surface area contributed by atoms with Crippen LogP contribution in [0.3, 0.4) is 0 Å². The predicted molar refractivity (Wildman–Crippen MR) is 96.3 cm³/mol. The van der Waals surface area contributed by atoms with E-state index in [2.05, 4.69) is 34.3 Å². The van der Waals surface area contributed by atoms with Crippen LogP contribution in [0.25, 0.3) is 0 Å². The number of aromatic nitrogens is 2. The van der Waals surface area contributed by atoms with Crippen molar-refractivity contribution in [1.29, 1.82) is 0 Å². The van der Waals surface area contributed by atoms with Crippen LogP contribution in [0.15, 0.2) is 47.3 Å². The van der Waals surface area contributed by atoms with Gasteiger partial charge in [-0.3, -0.25) is 14.5 Å². The van der Waals surface area contributed by atoms with Crippen LogP contribution in [0.4, 0.5) is 0 Å². The number of amides is 1. The van der Waals surface area contributed by atoms with E-state index in [1.165, 1.54) is 22.4 Å². The van der Waals surface area contributed by atoms with Crippen LogP contribution in [0.1, 0.15) is 28.9 Å². The summed E-state index contributed by atoms with van der Waals surface area (Å²) in [6.07, 6.45) is 2.05. The van der Waals surface area contributed by atoms with Crippen molar-refractivity contribution in [3.8, 4) is 0 Å². The molecule has 0 aliphatic carbocycles. The highest BCUT2D eigenvalue weighted by Crippen LogP contribution is 2.18. The van der Waals surface area contributed by atoms with E-state index in [-0.39, 0.29) is 17.5 Å². The van der Waals surface area contributed by atoms with Gasteiger partial charge in [0.1, 0.15) is 5.69 Å². The van der Waals surface area contributed by atoms with E-state index in [4.69, 9.17) is 0 Å². The minimum atomic E-state index is -0.217. The molecule has 6 nitrogen and oxygen atoms in total. The number of benzene rings is 1. The molecular formula is C19H24N4O2. The molecular weight excluding hydrogens is 316 g/mol. The number of likely N-dealkylation sites (tertiary alicyclic amines) is 1. The Morgan fingerprint density at radius 3 is 2.72 bits per heavy atom. The number of piperidine rings is 1. The summed E-state index contributed by atoms with van der Waals surface area (Å²) in [6, 6.07) is 13.4. The number of carbonyl (C=O) groups excluding carboxylic acids is 1. The molecule has 1 aromatic carbocycles. The standard InChI is InChI=1S/C19H24N4O2/c1-21(19(25)17-10-11-18(24)22(2)20-17)16-9-6-12-23(14-16)13-15-7-4-3-5-8-15/h3-5,7-8,10-11,16H,6,9,12-14H2,1-2H3. The molecule has 0 saturated carbocycles. The highest BCUT2D eigenvalue weighted by atomic mass is 16.2. The molecule has 25 heavy (non-hydrogen) atoms. The SMILES string of the molecule is CN(C(=O)c1ccc(=O)n(C)n1)C1CCCN(Cc2ccccc2)C1. The number of carbonyl (C=O) groups is 1. The van der Waals surface area contributed by atoms with Gasteiger partial charge in [0.15, 0.2) is 0 Å². The van der Waals surface area contributed by atoms with Crippen LogP contribution in [0.2, 0.25) is 0 Å². The highest BCUT2D eigenvalue weighted by Gasteiger charge is 2.27. The van der Waals surface area contributed by atoms with Crippen LogP contribution in [0.5, 0.6) is 0 Å². The van der Waals surface area contributed by atoms with E-state index in [1.54, 1.807) is 11.9 Å². The smallest absolute Gasteiger partial charge is 0.274 e. The maximum atomic E-state index is 12.7. The van der Waals surface area contributed by atoms with E-state index >= 15 is 0 Å². The van der Waals surface area contributed by atoms with Crippen molar-refractivity contribution in [3.63, 3.8) is 0 Å². The number of rotatable bonds is 4. The third kappa shape index (κ3) is 4.14. The Morgan fingerprint density at radius 2 is 2.00 bits per heavy atom. The number of likely N-dealkylation sites (N-methyl/N-ethyl adjacent to an activating group) is 1. The number of nitrogens with zero attached hydrogens (tertiary/aromatic N) is 4. The molecule has 0 N–H and O–H groups in total. The summed E-state index contributed by atoms with van der Waals surface area (Å²) in [5.74, 6) is -0.137. The lowest BCUT2D eigenvalue weighted by Crippen LogP contribution is -2.48. The first-order chi connectivity index (χ1) is 12.0. The van der Waals surface area contributed by atoms with E-state index in [0.717, 1.165) is 32.5 Å². The Kier molecular flexibility index (Phi) is 5.28. The zero-order chi connectivity index (χ0) is 17.8. The van der Waals surface area contributed by atoms with Gasteiger partial charge in [-0.25, -0.2) is 4.68 Å². The second-order valence-corrected chi connectivity index (χ2v) is 6.61. The van der Waals surface area contributed by atoms with Crippen molar-refractivity contribution in [2.24, 2.45) is 7.05 Å². The molecule has 1 unspecified atom stereocenters. The molecule has 132 valence electrons. The van der Waals surface area contributed by atoms with Crippen LogP contribution < -0.4 is 5.56 Å². The summed E-state index contributed by atoms with van der Waals surface area (Å²) in [4.78, 5) is 28.3. The molecule has 1 aliphatic rings. The zero-order valence-electron chi connectivity index (χ0n) is 14.8. The molecule has 0 bridgehead atoms. The van der Waals surface area contributed by atoms with Crippen LogP contribution in [-0.2, 0) is 13.6 Å². The molecule has 2 aromatic rings. The first kappa shape index (κ1) is 17.4. The average molecular weight is 340 g/mol. The Bertz CT molecular complexity index is 788. The van der Waals surface area contributed by atoms with Gasteiger partial charge in [0.2, 0.25) is 0 Å². The van der Waals surface area contributed by atoms with Gasteiger partial charge >= 0.3 is 0 Å². The highest BCUT2D eigenvalue weighted by molar-refractivity contribution is 5.92. The summed E-state index contributed by atoms with van der Waals surface area (Å²) in [7, 11) is 3.38. The summed E-state index contributed by atoms with van der Waals surface area (Å²) >= 11 is 0. The topological polar surface area (TPSA) is 58.4 Å². The molecule has 6 heteroatoms. The lowest BCUT2D eigenvalue weighted by atomic mass is 10.0. The fraction of sp³-hybridized carbons (Fsp3) is 0.421.